The van der Waals surface area contributed by atoms with Gasteiger partial charge in [-0.1, -0.05) is 36.0 Å². The van der Waals surface area contributed by atoms with E-state index in [-0.39, 0.29) is 6.73 Å². The zero-order valence-electron chi connectivity index (χ0n) is 16.0. The molecule has 2 heterocycles. The Labute approximate surface area is 172 Å². The Kier molecular flexibility index (Phi) is 6.01. The van der Waals surface area contributed by atoms with Crippen LogP contribution >= 0.6 is 11.8 Å². The SMILES string of the molecule is OCN1CCN(CC/C=C2/c3ccccc3Sc3ccc(C(F)(F)F)cc32)CC1. The molecule has 1 fully saturated rings. The number of aliphatic hydroxyl groups is 1. The summed E-state index contributed by atoms with van der Waals surface area (Å²) >= 11 is 1.52. The minimum atomic E-state index is -4.35. The normalized spacial score (nSPS) is 19.2. The number of benzene rings is 2. The maximum Gasteiger partial charge on any atom is 0.416 e. The molecule has 0 amide bonds. The highest BCUT2D eigenvalue weighted by molar-refractivity contribution is 7.99. The van der Waals surface area contributed by atoms with E-state index in [1.807, 2.05) is 29.2 Å². The first-order chi connectivity index (χ1) is 14.0. The molecule has 0 atom stereocenters. The lowest BCUT2D eigenvalue weighted by molar-refractivity contribution is -0.137. The second-order valence-corrected chi connectivity index (χ2v) is 8.40. The highest BCUT2D eigenvalue weighted by Gasteiger charge is 2.32. The Hall–Kier alpha value is -1.80. The minimum Gasteiger partial charge on any atom is -0.381 e. The van der Waals surface area contributed by atoms with E-state index in [4.69, 9.17) is 0 Å². The van der Waals surface area contributed by atoms with E-state index in [9.17, 15) is 18.3 Å². The van der Waals surface area contributed by atoms with E-state index in [0.717, 1.165) is 66.1 Å². The van der Waals surface area contributed by atoms with Crippen molar-refractivity contribution < 1.29 is 18.3 Å². The van der Waals surface area contributed by atoms with E-state index in [0.29, 0.717) is 5.56 Å². The summed E-state index contributed by atoms with van der Waals surface area (Å²) in [5, 5.41) is 9.20. The van der Waals surface area contributed by atoms with E-state index in [1.165, 1.54) is 17.8 Å². The van der Waals surface area contributed by atoms with Gasteiger partial charge in [0.05, 0.1) is 12.3 Å². The zero-order valence-corrected chi connectivity index (χ0v) is 16.8. The fraction of sp³-hybridized carbons (Fsp3) is 0.364. The van der Waals surface area contributed by atoms with Crippen molar-refractivity contribution in [1.29, 1.82) is 0 Å². The van der Waals surface area contributed by atoms with Crippen molar-refractivity contribution >= 4 is 17.3 Å². The van der Waals surface area contributed by atoms with Crippen LogP contribution in [0.2, 0.25) is 0 Å². The molecular weight excluding hydrogens is 397 g/mol. The molecule has 0 spiro atoms. The number of hydrogen-bond acceptors (Lipinski definition) is 4. The molecule has 0 aromatic heterocycles. The van der Waals surface area contributed by atoms with Crippen molar-refractivity contribution in [2.45, 2.75) is 22.4 Å². The molecule has 2 aliphatic heterocycles. The van der Waals surface area contributed by atoms with Crippen molar-refractivity contribution in [2.24, 2.45) is 0 Å². The Morgan fingerprint density at radius 3 is 2.34 bits per heavy atom. The second-order valence-electron chi connectivity index (χ2n) is 7.31. The first-order valence-corrected chi connectivity index (χ1v) is 10.5. The van der Waals surface area contributed by atoms with Crippen molar-refractivity contribution in [2.75, 3.05) is 39.5 Å². The Bertz CT molecular complexity index is 905. The minimum absolute atomic E-state index is 0.0880. The van der Waals surface area contributed by atoms with Crippen LogP contribution in [0.15, 0.2) is 58.3 Å². The molecule has 0 saturated carbocycles. The van der Waals surface area contributed by atoms with Crippen molar-refractivity contribution in [1.82, 2.24) is 9.80 Å². The van der Waals surface area contributed by atoms with Gasteiger partial charge in [-0.15, -0.1) is 0 Å². The largest absolute Gasteiger partial charge is 0.416 e. The van der Waals surface area contributed by atoms with E-state index in [2.05, 4.69) is 11.0 Å². The molecule has 0 radical (unpaired) electrons. The van der Waals surface area contributed by atoms with Crippen LogP contribution in [0.3, 0.4) is 0 Å². The first-order valence-electron chi connectivity index (χ1n) is 9.70. The van der Waals surface area contributed by atoms with E-state index >= 15 is 0 Å². The fourth-order valence-corrected chi connectivity index (χ4v) is 4.90. The summed E-state index contributed by atoms with van der Waals surface area (Å²) in [4.78, 5) is 6.26. The summed E-state index contributed by atoms with van der Waals surface area (Å²) in [6, 6.07) is 11.9. The molecule has 2 aliphatic rings. The Morgan fingerprint density at radius 2 is 1.62 bits per heavy atom. The molecule has 1 saturated heterocycles. The zero-order chi connectivity index (χ0) is 20.4. The number of hydrogen-bond donors (Lipinski definition) is 1. The van der Waals surface area contributed by atoms with Crippen LogP contribution in [0.1, 0.15) is 23.1 Å². The van der Waals surface area contributed by atoms with Crippen LogP contribution in [0, 0.1) is 0 Å². The van der Waals surface area contributed by atoms with Crippen LogP contribution in [0.4, 0.5) is 13.2 Å². The number of alkyl halides is 3. The molecule has 4 rings (SSSR count). The third-order valence-electron chi connectivity index (χ3n) is 5.45. The maximum atomic E-state index is 13.3. The molecular formula is C22H23F3N2OS. The lowest BCUT2D eigenvalue weighted by Gasteiger charge is -2.33. The smallest absolute Gasteiger partial charge is 0.381 e. The van der Waals surface area contributed by atoms with Gasteiger partial charge in [0.1, 0.15) is 0 Å². The standard InChI is InChI=1S/C22H23F3N2OS/c23-22(24,25)16-7-8-21-19(14-16)17(18-4-1-2-6-20(18)29-21)5-3-9-26-10-12-27(15-28)13-11-26/h1-2,4-8,14,28H,3,9-13,15H2/b17-5-. The van der Waals surface area contributed by atoms with Crippen LogP contribution < -0.4 is 0 Å². The summed E-state index contributed by atoms with van der Waals surface area (Å²) < 4.78 is 39.8. The predicted molar refractivity (Wildman–Crippen MR) is 109 cm³/mol. The number of halogens is 3. The molecule has 0 bridgehead atoms. The lowest BCUT2D eigenvalue weighted by atomic mass is 9.94. The van der Waals surface area contributed by atoms with Gasteiger partial charge in [0.25, 0.3) is 0 Å². The average Bonchev–Trinajstić information content (AvgIpc) is 2.72. The third-order valence-corrected chi connectivity index (χ3v) is 6.60. The quantitative estimate of drug-likeness (QED) is 0.670. The monoisotopic (exact) mass is 420 g/mol. The van der Waals surface area contributed by atoms with Crippen LogP contribution in [0.25, 0.3) is 5.57 Å². The summed E-state index contributed by atoms with van der Waals surface area (Å²) in [5.41, 5.74) is 1.93. The van der Waals surface area contributed by atoms with Crippen LogP contribution in [0.5, 0.6) is 0 Å². The molecule has 1 N–H and O–H groups in total. The van der Waals surface area contributed by atoms with Crippen molar-refractivity contribution in [3.63, 3.8) is 0 Å². The fourth-order valence-electron chi connectivity index (χ4n) is 3.81. The molecule has 154 valence electrons. The summed E-state index contributed by atoms with van der Waals surface area (Å²) in [6.07, 6.45) is -1.51. The summed E-state index contributed by atoms with van der Waals surface area (Å²) in [7, 11) is 0. The number of piperazine rings is 1. The lowest BCUT2D eigenvalue weighted by Crippen LogP contribution is -2.46. The van der Waals surface area contributed by atoms with Gasteiger partial charge in [-0.3, -0.25) is 4.90 Å². The third kappa shape index (κ3) is 4.53. The van der Waals surface area contributed by atoms with Gasteiger partial charge in [0.2, 0.25) is 0 Å². The van der Waals surface area contributed by atoms with Gasteiger partial charge >= 0.3 is 6.18 Å². The number of fused-ring (bicyclic) bond motifs is 2. The molecule has 2 aromatic carbocycles. The molecule has 29 heavy (non-hydrogen) atoms. The van der Waals surface area contributed by atoms with Gasteiger partial charge in [0, 0.05) is 42.5 Å². The molecule has 0 unspecified atom stereocenters. The average molecular weight is 421 g/mol. The van der Waals surface area contributed by atoms with Gasteiger partial charge in [-0.05, 0) is 47.4 Å². The summed E-state index contributed by atoms with van der Waals surface area (Å²) in [6.45, 7) is 4.40. The molecule has 3 nitrogen and oxygen atoms in total. The molecule has 2 aromatic rings. The second kappa shape index (κ2) is 8.52. The van der Waals surface area contributed by atoms with Crippen molar-refractivity contribution in [3.05, 3.63) is 65.2 Å². The Balaban J connectivity index is 1.59. The molecule has 7 heteroatoms. The molecule has 0 aliphatic carbocycles. The summed E-state index contributed by atoms with van der Waals surface area (Å²) in [5.74, 6) is 0. The predicted octanol–water partition coefficient (Wildman–Crippen LogP) is 4.56. The maximum absolute atomic E-state index is 13.3. The highest BCUT2D eigenvalue weighted by Crippen LogP contribution is 2.47. The first kappa shape index (κ1) is 20.5. The van der Waals surface area contributed by atoms with Crippen LogP contribution in [-0.2, 0) is 6.18 Å². The highest BCUT2D eigenvalue weighted by atomic mass is 32.2. The van der Waals surface area contributed by atoms with Gasteiger partial charge in [0.15, 0.2) is 0 Å². The number of aliphatic hydroxyl groups excluding tert-OH is 1. The van der Waals surface area contributed by atoms with E-state index < -0.39 is 11.7 Å². The number of nitrogens with zero attached hydrogens (tertiary/aromatic N) is 2. The topological polar surface area (TPSA) is 26.7 Å². The number of rotatable bonds is 4. The van der Waals surface area contributed by atoms with Gasteiger partial charge in [-0.25, -0.2) is 0 Å². The van der Waals surface area contributed by atoms with Gasteiger partial charge < -0.3 is 10.0 Å². The van der Waals surface area contributed by atoms with Crippen molar-refractivity contribution in [3.8, 4) is 0 Å². The Morgan fingerprint density at radius 1 is 0.931 bits per heavy atom. The van der Waals surface area contributed by atoms with Crippen LogP contribution in [-0.4, -0.2) is 54.4 Å². The van der Waals surface area contributed by atoms with E-state index in [1.54, 1.807) is 6.07 Å². The van der Waals surface area contributed by atoms with Gasteiger partial charge in [-0.2, -0.15) is 13.2 Å².